The molecular formula is C24H32N6O2. The molecule has 2 aliphatic carbocycles. The van der Waals surface area contributed by atoms with Crippen LogP contribution in [0.4, 0.5) is 0 Å². The number of nitrogens with zero attached hydrogens (tertiary/aromatic N) is 4. The number of aryl methyl sites for hydroxylation is 2. The van der Waals surface area contributed by atoms with Crippen molar-refractivity contribution >= 4 is 11.8 Å². The van der Waals surface area contributed by atoms with Gasteiger partial charge in [0.05, 0.1) is 17.3 Å². The zero-order chi connectivity index (χ0) is 22.1. The number of rotatable bonds is 4. The highest BCUT2D eigenvalue weighted by Gasteiger charge is 2.37. The van der Waals surface area contributed by atoms with Gasteiger partial charge in [-0.25, -0.2) is 9.97 Å². The van der Waals surface area contributed by atoms with E-state index >= 15 is 0 Å². The van der Waals surface area contributed by atoms with Crippen molar-refractivity contribution in [2.24, 2.45) is 0 Å². The summed E-state index contributed by atoms with van der Waals surface area (Å²) in [5.74, 6) is 0.441. The Morgan fingerprint density at radius 1 is 1.06 bits per heavy atom. The number of amides is 2. The largest absolute Gasteiger partial charge is 0.349 e. The first-order valence-corrected chi connectivity index (χ1v) is 12.1. The van der Waals surface area contributed by atoms with Crippen LogP contribution < -0.4 is 5.32 Å². The molecule has 1 atom stereocenters. The van der Waals surface area contributed by atoms with Crippen LogP contribution in [0.2, 0.25) is 0 Å². The van der Waals surface area contributed by atoms with Crippen molar-refractivity contribution in [1.82, 2.24) is 30.4 Å². The molecule has 2 amide bonds. The Bertz CT molecular complexity index is 1010. The number of fused-ring (bicyclic) bond motifs is 1. The number of hydrogen-bond donors (Lipinski definition) is 2. The van der Waals surface area contributed by atoms with Crippen molar-refractivity contribution in [1.29, 1.82) is 0 Å². The van der Waals surface area contributed by atoms with E-state index in [9.17, 15) is 9.59 Å². The zero-order valence-electron chi connectivity index (χ0n) is 18.8. The second-order valence-corrected chi connectivity index (χ2v) is 9.42. The van der Waals surface area contributed by atoms with Gasteiger partial charge in [0.2, 0.25) is 0 Å². The number of carbonyl (C=O) groups is 2. The van der Waals surface area contributed by atoms with Crippen LogP contribution in [0.5, 0.6) is 0 Å². The third-order valence-corrected chi connectivity index (χ3v) is 7.21. The Morgan fingerprint density at radius 2 is 1.88 bits per heavy atom. The lowest BCUT2D eigenvalue weighted by molar-refractivity contribution is 0.0721. The van der Waals surface area contributed by atoms with Gasteiger partial charge in [0, 0.05) is 30.0 Å². The topological polar surface area (TPSA) is 104 Å². The van der Waals surface area contributed by atoms with Gasteiger partial charge in [-0.05, 0) is 58.3 Å². The van der Waals surface area contributed by atoms with Gasteiger partial charge < -0.3 is 10.2 Å². The van der Waals surface area contributed by atoms with E-state index in [-0.39, 0.29) is 23.9 Å². The molecule has 3 heterocycles. The first-order valence-electron chi connectivity index (χ1n) is 12.1. The molecule has 8 heteroatoms. The second-order valence-electron chi connectivity index (χ2n) is 9.42. The van der Waals surface area contributed by atoms with Gasteiger partial charge in [0.15, 0.2) is 5.69 Å². The van der Waals surface area contributed by atoms with Gasteiger partial charge in [-0.2, -0.15) is 5.10 Å². The lowest BCUT2D eigenvalue weighted by Gasteiger charge is -2.27. The summed E-state index contributed by atoms with van der Waals surface area (Å²) in [6.45, 7) is 2.48. The molecule has 0 radical (unpaired) electrons. The fraction of sp³-hybridized carbons (Fsp3) is 0.625. The number of aromatic amines is 1. The van der Waals surface area contributed by atoms with Crippen molar-refractivity contribution in [2.45, 2.75) is 89.6 Å². The minimum atomic E-state index is -0.229. The SMILES string of the molecule is Cc1ncc(C(=O)NC2CCCCC2)c(C2CCCN2C(=O)c2n[nH]c3c2CCCC3)n1. The first-order chi connectivity index (χ1) is 15.6. The molecule has 1 saturated heterocycles. The van der Waals surface area contributed by atoms with Crippen LogP contribution in [0, 0.1) is 6.92 Å². The van der Waals surface area contributed by atoms with Crippen LogP contribution in [0.3, 0.4) is 0 Å². The first kappa shape index (κ1) is 21.1. The summed E-state index contributed by atoms with van der Waals surface area (Å²) in [6, 6.07) is -0.0189. The van der Waals surface area contributed by atoms with Gasteiger partial charge in [-0.15, -0.1) is 0 Å². The fourth-order valence-electron chi connectivity index (χ4n) is 5.51. The fourth-order valence-corrected chi connectivity index (χ4v) is 5.51. The molecule has 32 heavy (non-hydrogen) atoms. The van der Waals surface area contributed by atoms with E-state index in [0.717, 1.165) is 75.5 Å². The molecule has 5 rings (SSSR count). The normalized spacial score (nSPS) is 21.4. The van der Waals surface area contributed by atoms with Crippen molar-refractivity contribution in [2.75, 3.05) is 6.54 Å². The van der Waals surface area contributed by atoms with Crippen molar-refractivity contribution < 1.29 is 9.59 Å². The summed E-state index contributed by atoms with van der Waals surface area (Å²) in [6.07, 6.45) is 13.0. The molecule has 1 aliphatic heterocycles. The Labute approximate surface area is 188 Å². The molecule has 3 aliphatic rings. The van der Waals surface area contributed by atoms with E-state index in [1.165, 1.54) is 6.42 Å². The average Bonchev–Trinajstić information content (AvgIpc) is 3.47. The summed E-state index contributed by atoms with van der Waals surface area (Å²) in [7, 11) is 0. The molecule has 0 aromatic carbocycles. The highest BCUT2D eigenvalue weighted by molar-refractivity contribution is 5.97. The quantitative estimate of drug-likeness (QED) is 0.764. The van der Waals surface area contributed by atoms with Gasteiger partial charge in [0.1, 0.15) is 5.82 Å². The molecule has 0 bridgehead atoms. The summed E-state index contributed by atoms with van der Waals surface area (Å²) in [5, 5.41) is 10.7. The maximum Gasteiger partial charge on any atom is 0.275 e. The molecule has 2 aromatic rings. The van der Waals surface area contributed by atoms with Gasteiger partial charge >= 0.3 is 0 Å². The maximum absolute atomic E-state index is 13.5. The van der Waals surface area contributed by atoms with Crippen LogP contribution >= 0.6 is 0 Å². The van der Waals surface area contributed by atoms with E-state index < -0.39 is 0 Å². The summed E-state index contributed by atoms with van der Waals surface area (Å²) in [5.41, 5.74) is 3.88. The van der Waals surface area contributed by atoms with E-state index in [1.54, 1.807) is 6.20 Å². The molecular weight excluding hydrogens is 404 g/mol. The predicted molar refractivity (Wildman–Crippen MR) is 119 cm³/mol. The van der Waals surface area contributed by atoms with Crippen molar-refractivity contribution in [3.8, 4) is 0 Å². The zero-order valence-corrected chi connectivity index (χ0v) is 18.8. The van der Waals surface area contributed by atoms with E-state index in [0.29, 0.717) is 29.3 Å². The van der Waals surface area contributed by atoms with Gasteiger partial charge in [0.25, 0.3) is 11.8 Å². The van der Waals surface area contributed by atoms with Crippen molar-refractivity contribution in [3.05, 3.63) is 40.2 Å². The van der Waals surface area contributed by atoms with Gasteiger partial charge in [-0.1, -0.05) is 19.3 Å². The molecule has 1 saturated carbocycles. The number of H-pyrrole nitrogens is 1. The van der Waals surface area contributed by atoms with Crippen LogP contribution in [0.1, 0.15) is 107 Å². The Kier molecular flexibility index (Phi) is 5.93. The van der Waals surface area contributed by atoms with E-state index in [4.69, 9.17) is 0 Å². The van der Waals surface area contributed by atoms with Crippen LogP contribution in [0.15, 0.2) is 6.20 Å². The molecule has 2 N–H and O–H groups in total. The second kappa shape index (κ2) is 9.00. The molecule has 8 nitrogen and oxygen atoms in total. The monoisotopic (exact) mass is 436 g/mol. The molecule has 170 valence electrons. The Morgan fingerprint density at radius 3 is 2.72 bits per heavy atom. The van der Waals surface area contributed by atoms with Crippen LogP contribution in [-0.2, 0) is 12.8 Å². The van der Waals surface area contributed by atoms with E-state index in [1.807, 2.05) is 11.8 Å². The molecule has 0 spiro atoms. The van der Waals surface area contributed by atoms with Crippen LogP contribution in [0.25, 0.3) is 0 Å². The maximum atomic E-state index is 13.5. The number of aromatic nitrogens is 4. The minimum absolute atomic E-state index is 0.0539. The Balaban J connectivity index is 1.42. The lowest BCUT2D eigenvalue weighted by atomic mass is 9.95. The molecule has 2 aromatic heterocycles. The predicted octanol–water partition coefficient (Wildman–Crippen LogP) is 3.43. The standard InChI is InChI=1S/C24H32N6O2/c1-15-25-14-18(23(31)27-16-8-3-2-4-9-16)21(26-15)20-12-7-13-30(20)24(32)22-17-10-5-6-11-19(17)28-29-22/h14,16,20H,2-13H2,1H3,(H,27,31)(H,28,29). The van der Waals surface area contributed by atoms with E-state index in [2.05, 4.69) is 25.5 Å². The lowest BCUT2D eigenvalue weighted by Crippen LogP contribution is -2.38. The number of carbonyl (C=O) groups excluding carboxylic acids is 2. The smallest absolute Gasteiger partial charge is 0.275 e. The van der Waals surface area contributed by atoms with Crippen LogP contribution in [-0.4, -0.2) is 49.5 Å². The average molecular weight is 437 g/mol. The van der Waals surface area contributed by atoms with Gasteiger partial charge in [-0.3, -0.25) is 14.7 Å². The third-order valence-electron chi connectivity index (χ3n) is 7.21. The molecule has 1 unspecified atom stereocenters. The number of nitrogens with one attached hydrogen (secondary N) is 2. The Hall–Kier alpha value is -2.77. The highest BCUT2D eigenvalue weighted by Crippen LogP contribution is 2.35. The van der Waals surface area contributed by atoms with Crippen molar-refractivity contribution in [3.63, 3.8) is 0 Å². The highest BCUT2D eigenvalue weighted by atomic mass is 16.2. The molecule has 2 fully saturated rings. The minimum Gasteiger partial charge on any atom is -0.349 e. The summed E-state index contributed by atoms with van der Waals surface area (Å²) < 4.78 is 0. The summed E-state index contributed by atoms with van der Waals surface area (Å²) in [4.78, 5) is 37.6. The number of hydrogen-bond acceptors (Lipinski definition) is 5. The summed E-state index contributed by atoms with van der Waals surface area (Å²) >= 11 is 0. The number of likely N-dealkylation sites (tertiary alicyclic amines) is 1. The third kappa shape index (κ3) is 4.02.